The van der Waals surface area contributed by atoms with Crippen molar-refractivity contribution in [3.8, 4) is 0 Å². The molecule has 0 aromatic carbocycles. The van der Waals surface area contributed by atoms with Gasteiger partial charge in [0.15, 0.2) is 0 Å². The number of carbonyl (C=O) groups is 3. The van der Waals surface area contributed by atoms with E-state index in [0.717, 1.165) is 0 Å². The number of amides is 3. The van der Waals surface area contributed by atoms with Crippen LogP contribution in [0, 0.1) is 5.92 Å². The van der Waals surface area contributed by atoms with Crippen LogP contribution < -0.4 is 11.1 Å². The van der Waals surface area contributed by atoms with E-state index in [4.69, 9.17) is 10.8 Å². The second kappa shape index (κ2) is 8.34. The van der Waals surface area contributed by atoms with Gasteiger partial charge in [0.25, 0.3) is 0 Å². The zero-order valence-corrected chi connectivity index (χ0v) is 11.7. The Morgan fingerprint density at radius 3 is 2.26 bits per heavy atom. The van der Waals surface area contributed by atoms with E-state index in [-0.39, 0.29) is 12.5 Å². The molecule has 7 nitrogen and oxygen atoms in total. The van der Waals surface area contributed by atoms with Crippen LogP contribution in [0.15, 0.2) is 0 Å². The van der Waals surface area contributed by atoms with Crippen molar-refractivity contribution in [2.75, 3.05) is 13.1 Å². The zero-order valence-electron chi connectivity index (χ0n) is 11.7. The van der Waals surface area contributed by atoms with Gasteiger partial charge in [-0.2, -0.15) is 0 Å². The summed E-state index contributed by atoms with van der Waals surface area (Å²) < 4.78 is 0. The highest BCUT2D eigenvalue weighted by Crippen LogP contribution is 2.02. The molecule has 0 aliphatic rings. The first-order valence-electron chi connectivity index (χ1n) is 6.34. The lowest BCUT2D eigenvalue weighted by Crippen LogP contribution is -2.51. The topological polar surface area (TPSA) is 113 Å². The molecule has 0 fully saturated rings. The van der Waals surface area contributed by atoms with Crippen LogP contribution in [0.4, 0.5) is 4.79 Å². The molecule has 19 heavy (non-hydrogen) atoms. The van der Waals surface area contributed by atoms with E-state index < -0.39 is 23.9 Å². The predicted molar refractivity (Wildman–Crippen MR) is 70.5 cm³/mol. The number of urea groups is 1. The molecular formula is C12H23N3O4. The molecule has 0 aromatic heterocycles. The van der Waals surface area contributed by atoms with E-state index in [1.54, 1.807) is 0 Å². The summed E-state index contributed by atoms with van der Waals surface area (Å²) in [4.78, 5) is 35.1. The van der Waals surface area contributed by atoms with Crippen molar-refractivity contribution in [1.82, 2.24) is 10.2 Å². The number of nitrogens with two attached hydrogens (primary N) is 1. The lowest BCUT2D eigenvalue weighted by atomic mass is 10.1. The van der Waals surface area contributed by atoms with Crippen molar-refractivity contribution in [2.45, 2.75) is 39.7 Å². The second-order valence-corrected chi connectivity index (χ2v) is 4.87. The van der Waals surface area contributed by atoms with Crippen LogP contribution in [-0.4, -0.2) is 47.0 Å². The summed E-state index contributed by atoms with van der Waals surface area (Å²) in [5.74, 6) is -1.56. The Balaban J connectivity index is 4.68. The van der Waals surface area contributed by atoms with Crippen LogP contribution in [0.3, 0.4) is 0 Å². The number of rotatable bonds is 8. The van der Waals surface area contributed by atoms with Crippen LogP contribution in [0.5, 0.6) is 0 Å². The number of hydrogen-bond acceptors (Lipinski definition) is 3. The minimum Gasteiger partial charge on any atom is -0.480 e. The monoisotopic (exact) mass is 273 g/mol. The van der Waals surface area contributed by atoms with Crippen LogP contribution in [0.1, 0.15) is 33.6 Å². The average molecular weight is 273 g/mol. The Bertz CT molecular complexity index is 331. The maximum atomic E-state index is 11.9. The highest BCUT2D eigenvalue weighted by Gasteiger charge is 2.23. The molecule has 0 radical (unpaired) electrons. The Morgan fingerprint density at radius 1 is 1.32 bits per heavy atom. The van der Waals surface area contributed by atoms with Gasteiger partial charge >= 0.3 is 12.0 Å². The standard InChI is InChI=1S/C12H23N3O4/c1-4-5-9(11(17)18)14-12(19)15(6-8(2)3)7-10(13)16/h8-9H,4-7H2,1-3H3,(H2,13,16)(H,14,19)(H,17,18)/t9-/m0/s1. The van der Waals surface area contributed by atoms with Crippen LogP contribution in [0.25, 0.3) is 0 Å². The lowest BCUT2D eigenvalue weighted by molar-refractivity contribution is -0.139. The number of nitrogens with one attached hydrogen (secondary N) is 1. The Morgan fingerprint density at radius 2 is 1.89 bits per heavy atom. The number of nitrogens with zero attached hydrogens (tertiary/aromatic N) is 1. The van der Waals surface area contributed by atoms with Gasteiger partial charge in [-0.25, -0.2) is 9.59 Å². The van der Waals surface area contributed by atoms with E-state index in [2.05, 4.69) is 5.32 Å². The molecule has 0 heterocycles. The molecule has 0 spiro atoms. The molecular weight excluding hydrogens is 250 g/mol. The first-order valence-corrected chi connectivity index (χ1v) is 6.34. The second-order valence-electron chi connectivity index (χ2n) is 4.87. The van der Waals surface area contributed by atoms with Gasteiger partial charge in [0.05, 0.1) is 0 Å². The minimum atomic E-state index is -1.08. The summed E-state index contributed by atoms with van der Waals surface area (Å²) in [6, 6.07) is -1.52. The molecule has 0 aliphatic heterocycles. The molecule has 0 aromatic rings. The summed E-state index contributed by atoms with van der Waals surface area (Å²) in [7, 11) is 0. The van der Waals surface area contributed by atoms with Crippen molar-refractivity contribution >= 4 is 17.9 Å². The van der Waals surface area contributed by atoms with Crippen molar-refractivity contribution in [2.24, 2.45) is 11.7 Å². The van der Waals surface area contributed by atoms with Gasteiger partial charge < -0.3 is 21.1 Å². The van der Waals surface area contributed by atoms with Crippen LogP contribution >= 0.6 is 0 Å². The van der Waals surface area contributed by atoms with Crippen LogP contribution in [-0.2, 0) is 9.59 Å². The molecule has 0 saturated heterocycles. The van der Waals surface area contributed by atoms with E-state index in [9.17, 15) is 14.4 Å². The largest absolute Gasteiger partial charge is 0.480 e. The molecule has 3 amide bonds. The first-order chi connectivity index (χ1) is 8.77. The molecule has 0 bridgehead atoms. The number of carboxylic acids is 1. The van der Waals surface area contributed by atoms with Crippen molar-refractivity contribution in [3.63, 3.8) is 0 Å². The lowest BCUT2D eigenvalue weighted by Gasteiger charge is -2.25. The van der Waals surface area contributed by atoms with Crippen molar-refractivity contribution < 1.29 is 19.5 Å². The predicted octanol–water partition coefficient (Wildman–Crippen LogP) is 0.393. The van der Waals surface area contributed by atoms with Gasteiger partial charge in [0, 0.05) is 6.54 Å². The molecule has 0 saturated carbocycles. The molecule has 4 N–H and O–H groups in total. The van der Waals surface area contributed by atoms with E-state index >= 15 is 0 Å². The Kier molecular flexibility index (Phi) is 7.55. The highest BCUT2D eigenvalue weighted by molar-refractivity contribution is 5.86. The number of primary amides is 1. The smallest absolute Gasteiger partial charge is 0.326 e. The van der Waals surface area contributed by atoms with Crippen molar-refractivity contribution in [1.29, 1.82) is 0 Å². The Labute approximate surface area is 113 Å². The molecule has 0 aliphatic carbocycles. The molecule has 110 valence electrons. The average Bonchev–Trinajstić information content (AvgIpc) is 2.25. The highest BCUT2D eigenvalue weighted by atomic mass is 16.4. The van der Waals surface area contributed by atoms with Gasteiger partial charge in [-0.3, -0.25) is 4.79 Å². The number of carboxylic acid groups (broad SMARTS) is 1. The zero-order chi connectivity index (χ0) is 15.0. The number of hydrogen-bond donors (Lipinski definition) is 3. The summed E-state index contributed by atoms with van der Waals surface area (Å²) in [5.41, 5.74) is 5.08. The number of carbonyl (C=O) groups excluding carboxylic acids is 2. The normalized spacial score (nSPS) is 12.0. The van der Waals surface area contributed by atoms with Gasteiger partial charge in [0.2, 0.25) is 5.91 Å². The van der Waals surface area contributed by atoms with Gasteiger partial charge in [-0.15, -0.1) is 0 Å². The van der Waals surface area contributed by atoms with Crippen LogP contribution in [0.2, 0.25) is 0 Å². The molecule has 7 heteroatoms. The fourth-order valence-corrected chi connectivity index (χ4v) is 1.63. The first kappa shape index (κ1) is 17.2. The summed E-state index contributed by atoms with van der Waals surface area (Å²) in [6.07, 6.45) is 0.977. The Hall–Kier alpha value is -1.79. The van der Waals surface area contributed by atoms with Gasteiger partial charge in [-0.05, 0) is 12.3 Å². The third-order valence-corrected chi connectivity index (χ3v) is 2.39. The summed E-state index contributed by atoms with van der Waals surface area (Å²) >= 11 is 0. The van der Waals surface area contributed by atoms with E-state index in [1.807, 2.05) is 20.8 Å². The van der Waals surface area contributed by atoms with Crippen molar-refractivity contribution in [3.05, 3.63) is 0 Å². The SMILES string of the molecule is CCC[C@H](NC(=O)N(CC(N)=O)CC(C)C)C(=O)O. The number of aliphatic carboxylic acids is 1. The third kappa shape index (κ3) is 7.28. The van der Waals surface area contributed by atoms with Gasteiger partial charge in [0.1, 0.15) is 12.6 Å². The van der Waals surface area contributed by atoms with Gasteiger partial charge in [-0.1, -0.05) is 27.2 Å². The summed E-state index contributed by atoms with van der Waals surface area (Å²) in [5, 5.41) is 11.4. The maximum Gasteiger partial charge on any atom is 0.326 e. The quantitative estimate of drug-likeness (QED) is 0.593. The van der Waals surface area contributed by atoms with E-state index in [0.29, 0.717) is 19.4 Å². The minimum absolute atomic E-state index is 0.152. The molecule has 1 atom stereocenters. The maximum absolute atomic E-state index is 11.9. The third-order valence-electron chi connectivity index (χ3n) is 2.39. The summed E-state index contributed by atoms with van der Waals surface area (Å²) in [6.45, 7) is 5.73. The fraction of sp³-hybridized carbons (Fsp3) is 0.750. The molecule has 0 rings (SSSR count). The fourth-order valence-electron chi connectivity index (χ4n) is 1.63. The van der Waals surface area contributed by atoms with E-state index in [1.165, 1.54) is 4.90 Å². The molecule has 0 unspecified atom stereocenters.